The summed E-state index contributed by atoms with van der Waals surface area (Å²) in [5, 5.41) is 14.8. The van der Waals surface area contributed by atoms with E-state index in [-0.39, 0.29) is 36.8 Å². The van der Waals surface area contributed by atoms with Gasteiger partial charge in [0.05, 0.1) is 0 Å². The summed E-state index contributed by atoms with van der Waals surface area (Å²) in [6, 6.07) is 16.4. The van der Waals surface area contributed by atoms with Gasteiger partial charge in [0, 0.05) is 37.5 Å². The molecule has 1 saturated heterocycles. The predicted octanol–water partition coefficient (Wildman–Crippen LogP) is 3.55. The van der Waals surface area contributed by atoms with Gasteiger partial charge in [0.15, 0.2) is 6.10 Å². The van der Waals surface area contributed by atoms with Crippen LogP contribution in [0.4, 0.5) is 4.79 Å². The zero-order chi connectivity index (χ0) is 24.8. The molecule has 2 amide bonds. The Bertz CT molecular complexity index is 1030. The van der Waals surface area contributed by atoms with Crippen LogP contribution in [0.1, 0.15) is 43.2 Å². The van der Waals surface area contributed by atoms with Gasteiger partial charge in [-0.1, -0.05) is 55.5 Å². The number of carboxylic acids is 1. The van der Waals surface area contributed by atoms with Crippen LogP contribution in [0, 0.1) is 11.8 Å². The minimum Gasteiger partial charge on any atom is -0.479 e. The monoisotopic (exact) mass is 480 g/mol. The summed E-state index contributed by atoms with van der Waals surface area (Å²) in [5.41, 5.74) is 4.70. The molecule has 0 saturated carbocycles. The summed E-state index contributed by atoms with van der Waals surface area (Å²) in [5.74, 6) is -1.55. The maximum atomic E-state index is 12.3. The third kappa shape index (κ3) is 5.82. The lowest BCUT2D eigenvalue weighted by Gasteiger charge is -2.17. The molecule has 35 heavy (non-hydrogen) atoms. The van der Waals surface area contributed by atoms with Crippen LogP contribution in [0.3, 0.4) is 0 Å². The topological polar surface area (TPSA) is 114 Å². The molecule has 0 spiro atoms. The van der Waals surface area contributed by atoms with E-state index in [1.807, 2.05) is 31.2 Å². The fourth-order valence-corrected chi connectivity index (χ4v) is 4.90. The van der Waals surface area contributed by atoms with Gasteiger partial charge in [-0.2, -0.15) is 0 Å². The lowest BCUT2D eigenvalue weighted by Crippen LogP contribution is -2.38. The Morgan fingerprint density at radius 3 is 2.37 bits per heavy atom. The Hall–Kier alpha value is -3.39. The van der Waals surface area contributed by atoms with Crippen molar-refractivity contribution in [1.29, 1.82) is 0 Å². The van der Waals surface area contributed by atoms with Crippen LogP contribution < -0.4 is 10.6 Å². The molecule has 2 aliphatic rings. The van der Waals surface area contributed by atoms with Crippen molar-refractivity contribution in [2.45, 2.75) is 38.2 Å². The molecule has 1 heterocycles. The smallest absolute Gasteiger partial charge is 0.407 e. The standard InChI is InChI=1S/C27H32N2O6/c1-17(25(30)29-15-18-12-14-34-24(18)26(31)32)7-6-13-28-27(33)35-16-23-21-10-4-2-8-19(21)20-9-3-5-11-22(20)23/h2-5,8-11,17-18,23-24H,6-7,12-16H2,1H3,(H,28,33)(H,29,30)(H,31,32)/t17?,18-,24-/m1/s1. The number of rotatable bonds is 10. The molecule has 1 aliphatic carbocycles. The van der Waals surface area contributed by atoms with Gasteiger partial charge in [0.2, 0.25) is 5.91 Å². The van der Waals surface area contributed by atoms with E-state index in [2.05, 4.69) is 34.9 Å². The highest BCUT2D eigenvalue weighted by Gasteiger charge is 2.34. The molecule has 1 fully saturated rings. The van der Waals surface area contributed by atoms with Crippen molar-refractivity contribution in [3.8, 4) is 11.1 Å². The van der Waals surface area contributed by atoms with Gasteiger partial charge in [0.25, 0.3) is 0 Å². The van der Waals surface area contributed by atoms with E-state index in [1.54, 1.807) is 0 Å². The Balaban J connectivity index is 1.15. The summed E-state index contributed by atoms with van der Waals surface area (Å²) >= 11 is 0. The van der Waals surface area contributed by atoms with E-state index in [0.29, 0.717) is 32.4 Å². The number of alkyl carbamates (subject to hydrolysis) is 1. The molecule has 8 heteroatoms. The van der Waals surface area contributed by atoms with Crippen molar-refractivity contribution < 1.29 is 29.0 Å². The highest BCUT2D eigenvalue weighted by Crippen LogP contribution is 2.44. The minimum absolute atomic E-state index is 0.0165. The van der Waals surface area contributed by atoms with Crippen LogP contribution >= 0.6 is 0 Å². The van der Waals surface area contributed by atoms with Gasteiger partial charge < -0.3 is 25.2 Å². The number of aliphatic carboxylic acids is 1. The molecule has 1 unspecified atom stereocenters. The maximum absolute atomic E-state index is 12.3. The number of hydrogen-bond donors (Lipinski definition) is 3. The van der Waals surface area contributed by atoms with Crippen molar-refractivity contribution in [3.05, 3.63) is 59.7 Å². The Morgan fingerprint density at radius 2 is 1.71 bits per heavy atom. The lowest BCUT2D eigenvalue weighted by atomic mass is 9.98. The number of amides is 2. The molecule has 3 atom stereocenters. The largest absolute Gasteiger partial charge is 0.479 e. The maximum Gasteiger partial charge on any atom is 0.407 e. The molecule has 1 aliphatic heterocycles. The van der Waals surface area contributed by atoms with Crippen LogP contribution in [-0.2, 0) is 19.1 Å². The summed E-state index contributed by atoms with van der Waals surface area (Å²) < 4.78 is 10.7. The highest BCUT2D eigenvalue weighted by atomic mass is 16.5. The van der Waals surface area contributed by atoms with Gasteiger partial charge in [-0.25, -0.2) is 9.59 Å². The Labute approximate surface area is 205 Å². The molecule has 4 rings (SSSR count). The first-order valence-corrected chi connectivity index (χ1v) is 12.2. The predicted molar refractivity (Wildman–Crippen MR) is 130 cm³/mol. The molecule has 0 bridgehead atoms. The van der Waals surface area contributed by atoms with Crippen molar-refractivity contribution in [1.82, 2.24) is 10.6 Å². The van der Waals surface area contributed by atoms with E-state index in [1.165, 1.54) is 22.3 Å². The third-order valence-corrected chi connectivity index (χ3v) is 6.87. The van der Waals surface area contributed by atoms with Gasteiger partial charge in [-0.05, 0) is 41.5 Å². The molecule has 8 nitrogen and oxygen atoms in total. The molecule has 2 aromatic carbocycles. The van der Waals surface area contributed by atoms with Crippen molar-refractivity contribution in [2.24, 2.45) is 11.8 Å². The van der Waals surface area contributed by atoms with Crippen LogP contribution in [0.25, 0.3) is 11.1 Å². The number of ether oxygens (including phenoxy) is 2. The molecule has 0 aromatic heterocycles. The number of hydrogen-bond acceptors (Lipinski definition) is 5. The summed E-state index contributed by atoms with van der Waals surface area (Å²) in [7, 11) is 0. The minimum atomic E-state index is -0.992. The van der Waals surface area contributed by atoms with Gasteiger partial charge in [-0.15, -0.1) is 0 Å². The van der Waals surface area contributed by atoms with Crippen LogP contribution in [0.15, 0.2) is 48.5 Å². The average molecular weight is 481 g/mol. The number of carbonyl (C=O) groups is 3. The first kappa shape index (κ1) is 24.7. The number of nitrogens with one attached hydrogen (secondary N) is 2. The second kappa shape index (κ2) is 11.4. The van der Waals surface area contributed by atoms with Crippen molar-refractivity contribution in [2.75, 3.05) is 26.3 Å². The fourth-order valence-electron chi connectivity index (χ4n) is 4.90. The van der Waals surface area contributed by atoms with E-state index < -0.39 is 18.2 Å². The highest BCUT2D eigenvalue weighted by molar-refractivity contribution is 5.79. The normalized spacial score (nSPS) is 19.5. The van der Waals surface area contributed by atoms with Gasteiger partial charge in [-0.3, -0.25) is 4.79 Å². The first-order chi connectivity index (χ1) is 17.0. The zero-order valence-corrected chi connectivity index (χ0v) is 19.9. The first-order valence-electron chi connectivity index (χ1n) is 12.2. The number of carboxylic acid groups (broad SMARTS) is 1. The van der Waals surface area contributed by atoms with E-state index in [4.69, 9.17) is 14.6 Å². The van der Waals surface area contributed by atoms with Crippen molar-refractivity contribution >= 4 is 18.0 Å². The summed E-state index contributed by atoms with van der Waals surface area (Å²) in [6.45, 7) is 3.18. The summed E-state index contributed by atoms with van der Waals surface area (Å²) in [4.78, 5) is 35.8. The third-order valence-electron chi connectivity index (χ3n) is 6.87. The van der Waals surface area contributed by atoms with E-state index in [9.17, 15) is 14.4 Å². The molecule has 186 valence electrons. The van der Waals surface area contributed by atoms with Crippen LogP contribution in [0.5, 0.6) is 0 Å². The van der Waals surface area contributed by atoms with Crippen LogP contribution in [0.2, 0.25) is 0 Å². The van der Waals surface area contributed by atoms with Crippen LogP contribution in [-0.4, -0.2) is 55.5 Å². The SMILES string of the molecule is CC(CCCNC(=O)OCC1c2ccccc2-c2ccccc21)C(=O)NC[C@H]1CCO[C@H]1C(=O)O. The molecular formula is C27H32N2O6. The number of fused-ring (bicyclic) bond motifs is 3. The van der Waals surface area contributed by atoms with Gasteiger partial charge in [0.1, 0.15) is 6.61 Å². The number of carbonyl (C=O) groups excluding carboxylic acids is 2. The second-order valence-corrected chi connectivity index (χ2v) is 9.22. The quantitative estimate of drug-likeness (QED) is 0.448. The molecule has 3 N–H and O–H groups in total. The van der Waals surface area contributed by atoms with Crippen molar-refractivity contribution in [3.63, 3.8) is 0 Å². The molecule has 0 radical (unpaired) electrons. The lowest BCUT2D eigenvalue weighted by molar-refractivity contribution is -0.149. The Kier molecular flexibility index (Phi) is 8.02. The van der Waals surface area contributed by atoms with E-state index in [0.717, 1.165) is 0 Å². The van der Waals surface area contributed by atoms with Gasteiger partial charge >= 0.3 is 12.1 Å². The zero-order valence-electron chi connectivity index (χ0n) is 19.9. The summed E-state index contributed by atoms with van der Waals surface area (Å²) in [6.07, 6.45) is 0.523. The van der Waals surface area contributed by atoms with E-state index >= 15 is 0 Å². The Morgan fingerprint density at radius 1 is 1.06 bits per heavy atom. The number of benzene rings is 2. The second-order valence-electron chi connectivity index (χ2n) is 9.22. The average Bonchev–Trinajstić information content (AvgIpc) is 3.46. The molecule has 2 aromatic rings. The fraction of sp³-hybridized carbons (Fsp3) is 0.444. The molecular weight excluding hydrogens is 448 g/mol.